The third kappa shape index (κ3) is 3.01. The summed E-state index contributed by atoms with van der Waals surface area (Å²) in [7, 11) is 0. The van der Waals surface area contributed by atoms with E-state index in [1.54, 1.807) is 4.90 Å². The number of likely N-dealkylation sites (tertiary alicyclic amines) is 1. The van der Waals surface area contributed by atoms with Crippen molar-refractivity contribution in [1.29, 1.82) is 0 Å². The molecule has 1 aliphatic heterocycles. The summed E-state index contributed by atoms with van der Waals surface area (Å²) in [6, 6.07) is 0.216. The van der Waals surface area contributed by atoms with E-state index in [9.17, 15) is 9.59 Å². The van der Waals surface area contributed by atoms with E-state index in [1.165, 1.54) is 0 Å². The van der Waals surface area contributed by atoms with Crippen LogP contribution in [0.25, 0.3) is 0 Å². The van der Waals surface area contributed by atoms with Crippen LogP contribution >= 0.6 is 11.8 Å². The van der Waals surface area contributed by atoms with Gasteiger partial charge in [-0.2, -0.15) is 11.8 Å². The number of Topliss-reactive ketones (excluding diaryl/α,β-unsaturated/α-hetero) is 1. The van der Waals surface area contributed by atoms with Gasteiger partial charge in [-0.15, -0.1) is 0 Å². The van der Waals surface area contributed by atoms with Crippen LogP contribution in [0.2, 0.25) is 0 Å². The first-order valence-electron chi connectivity index (χ1n) is 5.04. The largest absolute Gasteiger partial charge is 0.332 e. The number of nitrogens with zero attached hydrogens (tertiary/aromatic N) is 1. The molecule has 0 radical (unpaired) electrons. The predicted octanol–water partition coefficient (Wildman–Crippen LogP) is 1.32. The minimum atomic E-state index is 0.00370. The molecule has 1 amide bonds. The molecule has 80 valence electrons. The van der Waals surface area contributed by atoms with Gasteiger partial charge in [0.05, 0.1) is 13.0 Å². The molecule has 0 bridgehead atoms. The van der Waals surface area contributed by atoms with Gasteiger partial charge in [0.1, 0.15) is 0 Å². The summed E-state index contributed by atoms with van der Waals surface area (Å²) in [5.74, 6) is 2.24. The van der Waals surface area contributed by atoms with Gasteiger partial charge in [-0.05, 0) is 24.9 Å². The fourth-order valence-electron chi connectivity index (χ4n) is 1.56. The Balaban J connectivity index is 2.33. The van der Waals surface area contributed by atoms with Crippen LogP contribution in [-0.4, -0.2) is 40.7 Å². The van der Waals surface area contributed by atoms with Gasteiger partial charge in [-0.1, -0.05) is 6.92 Å². The summed E-state index contributed by atoms with van der Waals surface area (Å²) < 4.78 is 0. The van der Waals surface area contributed by atoms with Gasteiger partial charge in [0.15, 0.2) is 5.78 Å². The normalized spacial score (nSPS) is 19.1. The van der Waals surface area contributed by atoms with Crippen LogP contribution in [0.3, 0.4) is 0 Å². The Morgan fingerprint density at radius 3 is 2.71 bits per heavy atom. The molecule has 0 aromatic heterocycles. The maximum atomic E-state index is 11.4. The van der Waals surface area contributed by atoms with E-state index in [0.29, 0.717) is 6.54 Å². The lowest BCUT2D eigenvalue weighted by molar-refractivity contribution is -0.129. The first kappa shape index (κ1) is 11.6. The van der Waals surface area contributed by atoms with Gasteiger partial charge in [0, 0.05) is 6.04 Å². The molecule has 0 aromatic rings. The average Bonchev–Trinajstić information content (AvgIpc) is 2.45. The van der Waals surface area contributed by atoms with Crippen LogP contribution < -0.4 is 0 Å². The van der Waals surface area contributed by atoms with Crippen LogP contribution in [0.4, 0.5) is 0 Å². The molecule has 1 saturated heterocycles. The zero-order valence-corrected chi connectivity index (χ0v) is 9.60. The fraction of sp³-hybridized carbons (Fsp3) is 0.800. The minimum Gasteiger partial charge on any atom is -0.332 e. The fourth-order valence-corrected chi connectivity index (χ4v) is 2.36. The Labute approximate surface area is 89.2 Å². The third-order valence-electron chi connectivity index (χ3n) is 2.43. The Hall–Kier alpha value is -0.510. The van der Waals surface area contributed by atoms with Crippen LogP contribution in [0.15, 0.2) is 0 Å². The standard InChI is InChI=1S/C10H17NO2S/c1-3-14-5-4-8(2)11-7-9(12)6-10(11)13/h8H,3-7H2,1-2H3. The van der Waals surface area contributed by atoms with Crippen molar-refractivity contribution < 1.29 is 9.59 Å². The number of thioether (sulfide) groups is 1. The van der Waals surface area contributed by atoms with Gasteiger partial charge in [0.2, 0.25) is 5.91 Å². The van der Waals surface area contributed by atoms with Crippen LogP contribution in [0, 0.1) is 0 Å². The Bertz CT molecular complexity index is 230. The van der Waals surface area contributed by atoms with E-state index in [-0.39, 0.29) is 24.2 Å². The van der Waals surface area contributed by atoms with Crippen molar-refractivity contribution in [2.24, 2.45) is 0 Å². The highest BCUT2D eigenvalue weighted by molar-refractivity contribution is 7.99. The molecule has 1 rings (SSSR count). The number of hydrogen-bond acceptors (Lipinski definition) is 3. The van der Waals surface area contributed by atoms with Crippen molar-refractivity contribution in [1.82, 2.24) is 4.90 Å². The van der Waals surface area contributed by atoms with Crippen molar-refractivity contribution in [3.8, 4) is 0 Å². The Kier molecular flexibility index (Phi) is 4.45. The van der Waals surface area contributed by atoms with E-state index in [1.807, 2.05) is 18.7 Å². The molecular weight excluding hydrogens is 198 g/mol. The predicted molar refractivity (Wildman–Crippen MR) is 58.4 cm³/mol. The first-order valence-corrected chi connectivity index (χ1v) is 6.19. The molecule has 3 nitrogen and oxygen atoms in total. The Morgan fingerprint density at radius 2 is 2.21 bits per heavy atom. The second-order valence-corrected chi connectivity index (χ2v) is 4.97. The minimum absolute atomic E-state index is 0.00370. The number of carbonyl (C=O) groups is 2. The second kappa shape index (κ2) is 5.39. The smallest absolute Gasteiger partial charge is 0.230 e. The van der Waals surface area contributed by atoms with E-state index < -0.39 is 0 Å². The van der Waals surface area contributed by atoms with Gasteiger partial charge < -0.3 is 4.90 Å². The molecule has 0 aliphatic carbocycles. The number of ketones is 1. The molecule has 1 unspecified atom stereocenters. The highest BCUT2D eigenvalue weighted by atomic mass is 32.2. The van der Waals surface area contributed by atoms with Crippen molar-refractivity contribution in [2.45, 2.75) is 32.7 Å². The van der Waals surface area contributed by atoms with Crippen molar-refractivity contribution in [2.75, 3.05) is 18.1 Å². The lowest BCUT2D eigenvalue weighted by Gasteiger charge is -2.23. The summed E-state index contributed by atoms with van der Waals surface area (Å²) in [5, 5.41) is 0. The summed E-state index contributed by atoms with van der Waals surface area (Å²) in [5.41, 5.74) is 0. The molecule has 0 spiro atoms. The van der Waals surface area contributed by atoms with Gasteiger partial charge in [-0.3, -0.25) is 9.59 Å². The Morgan fingerprint density at radius 1 is 1.50 bits per heavy atom. The average molecular weight is 215 g/mol. The SMILES string of the molecule is CCSCCC(C)N1CC(=O)CC1=O. The summed E-state index contributed by atoms with van der Waals surface area (Å²) in [6.07, 6.45) is 1.10. The van der Waals surface area contributed by atoms with Crippen molar-refractivity contribution >= 4 is 23.5 Å². The number of carbonyl (C=O) groups excluding carboxylic acids is 2. The van der Waals surface area contributed by atoms with Crippen LogP contribution in [0.5, 0.6) is 0 Å². The van der Waals surface area contributed by atoms with Gasteiger partial charge >= 0.3 is 0 Å². The first-order chi connectivity index (χ1) is 6.65. The third-order valence-corrected chi connectivity index (χ3v) is 3.36. The summed E-state index contributed by atoms with van der Waals surface area (Å²) in [6.45, 7) is 4.48. The van der Waals surface area contributed by atoms with E-state index in [0.717, 1.165) is 17.9 Å². The van der Waals surface area contributed by atoms with Gasteiger partial charge in [0.25, 0.3) is 0 Å². The van der Waals surface area contributed by atoms with E-state index in [2.05, 4.69) is 6.92 Å². The molecule has 1 heterocycles. The maximum Gasteiger partial charge on any atom is 0.230 e. The van der Waals surface area contributed by atoms with Crippen LogP contribution in [0.1, 0.15) is 26.7 Å². The molecule has 1 fully saturated rings. The quantitative estimate of drug-likeness (QED) is 0.513. The van der Waals surface area contributed by atoms with Crippen molar-refractivity contribution in [3.63, 3.8) is 0 Å². The highest BCUT2D eigenvalue weighted by Crippen LogP contribution is 2.15. The highest BCUT2D eigenvalue weighted by Gasteiger charge is 2.30. The monoisotopic (exact) mass is 215 g/mol. The van der Waals surface area contributed by atoms with Gasteiger partial charge in [-0.25, -0.2) is 0 Å². The topological polar surface area (TPSA) is 37.4 Å². The maximum absolute atomic E-state index is 11.4. The second-order valence-electron chi connectivity index (χ2n) is 3.57. The number of hydrogen-bond donors (Lipinski definition) is 0. The molecule has 14 heavy (non-hydrogen) atoms. The van der Waals surface area contributed by atoms with Crippen LogP contribution in [-0.2, 0) is 9.59 Å². The molecule has 1 aliphatic rings. The molecule has 0 aromatic carbocycles. The molecular formula is C10H17NO2S. The molecule has 4 heteroatoms. The summed E-state index contributed by atoms with van der Waals surface area (Å²) >= 11 is 1.87. The van der Waals surface area contributed by atoms with Crippen molar-refractivity contribution in [3.05, 3.63) is 0 Å². The zero-order chi connectivity index (χ0) is 10.6. The summed E-state index contributed by atoms with van der Waals surface area (Å²) in [4.78, 5) is 24.1. The lowest BCUT2D eigenvalue weighted by Crippen LogP contribution is -2.34. The molecule has 1 atom stereocenters. The van der Waals surface area contributed by atoms with E-state index in [4.69, 9.17) is 0 Å². The molecule has 0 saturated carbocycles. The lowest BCUT2D eigenvalue weighted by atomic mass is 10.2. The number of amides is 1. The number of rotatable bonds is 5. The molecule has 0 N–H and O–H groups in total. The van der Waals surface area contributed by atoms with E-state index >= 15 is 0 Å². The zero-order valence-electron chi connectivity index (χ0n) is 8.78.